The number of carbonyl (C=O) groups is 3. The van der Waals surface area contributed by atoms with Crippen molar-refractivity contribution >= 4 is 17.7 Å². The molecule has 7 nitrogen and oxygen atoms in total. The monoisotopic (exact) mass is 333 g/mol. The first-order chi connectivity index (χ1) is 11.6. The number of nitrogens with zero attached hydrogens (tertiary/aromatic N) is 3. The van der Waals surface area contributed by atoms with E-state index in [2.05, 4.69) is 0 Å². The Hall–Kier alpha value is -2.31. The van der Waals surface area contributed by atoms with Crippen molar-refractivity contribution in [3.8, 4) is 0 Å². The Kier molecular flexibility index (Phi) is 4.87. The third-order valence-corrected chi connectivity index (χ3v) is 4.90. The van der Waals surface area contributed by atoms with Gasteiger partial charge in [0.15, 0.2) is 5.76 Å². The van der Waals surface area contributed by atoms with Crippen LogP contribution in [0.2, 0.25) is 0 Å². The molecular weight excluding hydrogens is 310 g/mol. The fourth-order valence-electron chi connectivity index (χ4n) is 3.39. The number of piperazine rings is 1. The molecule has 2 fully saturated rings. The highest BCUT2D eigenvalue weighted by Crippen LogP contribution is 2.21. The van der Waals surface area contributed by atoms with Crippen molar-refractivity contribution < 1.29 is 18.8 Å². The van der Waals surface area contributed by atoms with Gasteiger partial charge in [0.2, 0.25) is 11.8 Å². The van der Waals surface area contributed by atoms with Crippen LogP contribution in [0.4, 0.5) is 0 Å². The van der Waals surface area contributed by atoms with Gasteiger partial charge in [0.1, 0.15) is 0 Å². The summed E-state index contributed by atoms with van der Waals surface area (Å²) >= 11 is 0. The Morgan fingerprint density at radius 2 is 1.58 bits per heavy atom. The Balaban J connectivity index is 1.49. The summed E-state index contributed by atoms with van der Waals surface area (Å²) in [4.78, 5) is 41.6. The van der Waals surface area contributed by atoms with Crippen molar-refractivity contribution in [3.63, 3.8) is 0 Å². The molecule has 0 unspecified atom stereocenters. The summed E-state index contributed by atoms with van der Waals surface area (Å²) in [7, 11) is 0. The van der Waals surface area contributed by atoms with Crippen molar-refractivity contribution in [2.75, 3.05) is 39.3 Å². The van der Waals surface area contributed by atoms with E-state index < -0.39 is 0 Å². The van der Waals surface area contributed by atoms with Gasteiger partial charge in [0.05, 0.1) is 6.26 Å². The van der Waals surface area contributed by atoms with Gasteiger partial charge in [-0.2, -0.15) is 0 Å². The van der Waals surface area contributed by atoms with E-state index >= 15 is 0 Å². The largest absolute Gasteiger partial charge is 0.459 e. The molecule has 24 heavy (non-hydrogen) atoms. The second-order valence-electron chi connectivity index (χ2n) is 6.38. The molecule has 0 radical (unpaired) electrons. The smallest absolute Gasteiger partial charge is 0.289 e. The minimum Gasteiger partial charge on any atom is -0.459 e. The molecule has 3 rings (SSSR count). The van der Waals surface area contributed by atoms with E-state index in [4.69, 9.17) is 4.42 Å². The lowest BCUT2D eigenvalue weighted by atomic mass is 9.95. The van der Waals surface area contributed by atoms with Crippen molar-refractivity contribution in [1.29, 1.82) is 0 Å². The van der Waals surface area contributed by atoms with E-state index in [1.54, 1.807) is 28.9 Å². The van der Waals surface area contributed by atoms with Gasteiger partial charge < -0.3 is 19.1 Å². The average Bonchev–Trinajstić information content (AvgIpc) is 3.15. The number of furan rings is 1. The van der Waals surface area contributed by atoms with Crippen LogP contribution in [0.5, 0.6) is 0 Å². The van der Waals surface area contributed by atoms with Crippen molar-refractivity contribution in [2.45, 2.75) is 19.8 Å². The van der Waals surface area contributed by atoms with Gasteiger partial charge in [0, 0.05) is 52.1 Å². The number of amides is 3. The molecule has 2 aliphatic rings. The number of rotatable bonds is 2. The number of likely N-dealkylation sites (tertiary alicyclic amines) is 1. The van der Waals surface area contributed by atoms with Crippen LogP contribution in [0.1, 0.15) is 30.3 Å². The van der Waals surface area contributed by atoms with E-state index in [0.717, 1.165) is 12.8 Å². The quantitative estimate of drug-likeness (QED) is 0.803. The second-order valence-corrected chi connectivity index (χ2v) is 6.38. The molecular formula is C17H23N3O4. The maximum atomic E-state index is 12.6. The predicted molar refractivity (Wildman–Crippen MR) is 86.2 cm³/mol. The number of piperidine rings is 1. The SMILES string of the molecule is CC(=O)N1CCC(C(=O)N2CCN(C(=O)c3ccco3)CC2)CC1. The molecule has 3 amide bonds. The highest BCUT2D eigenvalue weighted by molar-refractivity contribution is 5.91. The molecule has 0 aromatic carbocycles. The first kappa shape index (κ1) is 16.5. The van der Waals surface area contributed by atoms with Crippen molar-refractivity contribution in [3.05, 3.63) is 24.2 Å². The van der Waals surface area contributed by atoms with Crippen molar-refractivity contribution in [2.24, 2.45) is 5.92 Å². The van der Waals surface area contributed by atoms with Gasteiger partial charge in [-0.15, -0.1) is 0 Å². The molecule has 130 valence electrons. The fraction of sp³-hybridized carbons (Fsp3) is 0.588. The highest BCUT2D eigenvalue weighted by Gasteiger charge is 2.32. The lowest BCUT2D eigenvalue weighted by Crippen LogP contribution is -2.53. The summed E-state index contributed by atoms with van der Waals surface area (Å²) in [5.74, 6) is 0.440. The van der Waals surface area contributed by atoms with Crippen LogP contribution >= 0.6 is 0 Å². The summed E-state index contributed by atoms with van der Waals surface area (Å²) in [6.07, 6.45) is 2.94. The molecule has 0 spiro atoms. The summed E-state index contributed by atoms with van der Waals surface area (Å²) < 4.78 is 5.14. The van der Waals surface area contributed by atoms with Gasteiger partial charge in [-0.1, -0.05) is 0 Å². The van der Waals surface area contributed by atoms with Crippen molar-refractivity contribution in [1.82, 2.24) is 14.7 Å². The van der Waals surface area contributed by atoms with Gasteiger partial charge in [-0.25, -0.2) is 0 Å². The maximum Gasteiger partial charge on any atom is 0.289 e. The molecule has 2 aliphatic heterocycles. The zero-order chi connectivity index (χ0) is 17.1. The molecule has 0 N–H and O–H groups in total. The third-order valence-electron chi connectivity index (χ3n) is 4.90. The summed E-state index contributed by atoms with van der Waals surface area (Å²) in [6.45, 7) is 5.04. The Morgan fingerprint density at radius 3 is 2.12 bits per heavy atom. The predicted octanol–water partition coefficient (Wildman–Crippen LogP) is 0.823. The topological polar surface area (TPSA) is 74.1 Å². The Labute approximate surface area is 141 Å². The van der Waals surface area contributed by atoms with Crippen LogP contribution in [0.3, 0.4) is 0 Å². The van der Waals surface area contributed by atoms with Crippen LogP contribution in [0.15, 0.2) is 22.8 Å². The summed E-state index contributed by atoms with van der Waals surface area (Å²) in [5, 5.41) is 0. The van der Waals surface area contributed by atoms with Crippen LogP contribution < -0.4 is 0 Å². The van der Waals surface area contributed by atoms with Gasteiger partial charge in [0.25, 0.3) is 5.91 Å². The number of hydrogen-bond acceptors (Lipinski definition) is 4. The fourth-order valence-corrected chi connectivity index (χ4v) is 3.39. The maximum absolute atomic E-state index is 12.6. The lowest BCUT2D eigenvalue weighted by molar-refractivity contribution is -0.141. The summed E-state index contributed by atoms with van der Waals surface area (Å²) in [5.41, 5.74) is 0. The minimum absolute atomic E-state index is 0.00655. The van der Waals surface area contributed by atoms with Gasteiger partial charge in [-0.05, 0) is 25.0 Å². The van der Waals surface area contributed by atoms with E-state index in [1.165, 1.54) is 6.26 Å². The Morgan fingerprint density at radius 1 is 0.958 bits per heavy atom. The first-order valence-electron chi connectivity index (χ1n) is 8.43. The van der Waals surface area contributed by atoms with Gasteiger partial charge >= 0.3 is 0 Å². The molecule has 0 bridgehead atoms. The minimum atomic E-state index is -0.123. The molecule has 0 aliphatic carbocycles. The average molecular weight is 333 g/mol. The van der Waals surface area contributed by atoms with Crippen LogP contribution in [-0.2, 0) is 9.59 Å². The molecule has 1 aromatic rings. The molecule has 2 saturated heterocycles. The van der Waals surface area contributed by atoms with E-state index in [9.17, 15) is 14.4 Å². The summed E-state index contributed by atoms with van der Waals surface area (Å²) in [6, 6.07) is 3.35. The van der Waals surface area contributed by atoms with Crippen LogP contribution in [-0.4, -0.2) is 71.7 Å². The number of carbonyl (C=O) groups excluding carboxylic acids is 3. The molecule has 0 saturated carbocycles. The van der Waals surface area contributed by atoms with E-state index in [0.29, 0.717) is 45.0 Å². The normalized spacial score (nSPS) is 19.5. The molecule has 0 atom stereocenters. The molecule has 3 heterocycles. The zero-order valence-corrected chi connectivity index (χ0v) is 13.9. The van der Waals surface area contributed by atoms with Gasteiger partial charge in [-0.3, -0.25) is 14.4 Å². The van der Waals surface area contributed by atoms with Crippen LogP contribution in [0, 0.1) is 5.92 Å². The Bertz CT molecular complexity index is 597. The van der Waals surface area contributed by atoms with E-state index in [-0.39, 0.29) is 23.6 Å². The zero-order valence-electron chi connectivity index (χ0n) is 13.9. The second kappa shape index (κ2) is 7.07. The first-order valence-corrected chi connectivity index (χ1v) is 8.43. The van der Waals surface area contributed by atoms with E-state index in [1.807, 2.05) is 4.90 Å². The molecule has 7 heteroatoms. The number of hydrogen-bond donors (Lipinski definition) is 0. The van der Waals surface area contributed by atoms with Crippen LogP contribution in [0.25, 0.3) is 0 Å². The third kappa shape index (κ3) is 3.44. The standard InChI is InChI=1S/C17H23N3O4/c1-13(21)18-6-4-14(5-7-18)16(22)19-8-10-20(11-9-19)17(23)15-3-2-12-24-15/h2-3,12,14H,4-11H2,1H3. The lowest BCUT2D eigenvalue weighted by Gasteiger charge is -2.38. The molecule has 1 aromatic heterocycles. The highest BCUT2D eigenvalue weighted by atomic mass is 16.3.